The Bertz CT molecular complexity index is 870. The third kappa shape index (κ3) is 3.19. The van der Waals surface area contributed by atoms with E-state index in [-0.39, 0.29) is 17.5 Å². The van der Waals surface area contributed by atoms with Gasteiger partial charge >= 0.3 is 0 Å². The average molecular weight is 355 g/mol. The molecular formula is C19H25N5O2. The van der Waals surface area contributed by atoms with Crippen molar-refractivity contribution in [2.24, 2.45) is 7.05 Å². The van der Waals surface area contributed by atoms with E-state index in [1.54, 1.807) is 13.4 Å². The summed E-state index contributed by atoms with van der Waals surface area (Å²) in [5.41, 5.74) is 1.80. The Morgan fingerprint density at radius 1 is 1.12 bits per heavy atom. The van der Waals surface area contributed by atoms with Gasteiger partial charge < -0.3 is 14.8 Å². The molecule has 26 heavy (non-hydrogen) atoms. The van der Waals surface area contributed by atoms with E-state index >= 15 is 0 Å². The Hall–Kier alpha value is -2.41. The van der Waals surface area contributed by atoms with Crippen molar-refractivity contribution in [2.75, 3.05) is 37.6 Å². The number of carbonyl (C=O) groups excluding carboxylic acids is 1. The Morgan fingerprint density at radius 3 is 2.73 bits per heavy atom. The number of anilines is 1. The fourth-order valence-electron chi connectivity index (χ4n) is 3.96. The van der Waals surface area contributed by atoms with Crippen LogP contribution in [0, 0.1) is 0 Å². The van der Waals surface area contributed by atoms with Gasteiger partial charge in [0.05, 0.1) is 23.3 Å². The van der Waals surface area contributed by atoms with Crippen LogP contribution in [0.1, 0.15) is 19.3 Å². The lowest BCUT2D eigenvalue weighted by Gasteiger charge is -2.39. The van der Waals surface area contributed by atoms with Crippen molar-refractivity contribution in [1.82, 2.24) is 19.8 Å². The van der Waals surface area contributed by atoms with Crippen molar-refractivity contribution < 1.29 is 4.79 Å². The molecule has 138 valence electrons. The first-order valence-electron chi connectivity index (χ1n) is 9.35. The second-order valence-corrected chi connectivity index (χ2v) is 7.19. The molecule has 2 aliphatic rings. The van der Waals surface area contributed by atoms with Crippen LogP contribution in [-0.2, 0) is 11.8 Å². The zero-order valence-corrected chi connectivity index (χ0v) is 15.1. The highest BCUT2D eigenvalue weighted by atomic mass is 16.2. The zero-order chi connectivity index (χ0) is 18.1. The minimum atomic E-state index is -0.0225. The summed E-state index contributed by atoms with van der Waals surface area (Å²) in [5, 5.41) is 3.68. The molecule has 7 nitrogen and oxygen atoms in total. The molecule has 1 atom stereocenters. The van der Waals surface area contributed by atoms with E-state index in [1.807, 2.05) is 18.2 Å². The highest BCUT2D eigenvalue weighted by molar-refractivity contribution is 5.82. The van der Waals surface area contributed by atoms with Crippen molar-refractivity contribution in [2.45, 2.75) is 25.3 Å². The first kappa shape index (κ1) is 17.0. The van der Waals surface area contributed by atoms with Crippen molar-refractivity contribution >= 4 is 22.5 Å². The summed E-state index contributed by atoms with van der Waals surface area (Å²) in [6, 6.07) is 5.87. The molecule has 0 saturated carbocycles. The summed E-state index contributed by atoms with van der Waals surface area (Å²) >= 11 is 0. The fourth-order valence-corrected chi connectivity index (χ4v) is 3.96. The van der Waals surface area contributed by atoms with Gasteiger partial charge in [0.15, 0.2) is 0 Å². The number of piperazine rings is 1. The normalized spacial score (nSPS) is 22.3. The summed E-state index contributed by atoms with van der Waals surface area (Å²) in [6.07, 6.45) is 4.70. The average Bonchev–Trinajstić information content (AvgIpc) is 2.89. The number of hydrogen-bond donors (Lipinski definition) is 1. The molecule has 1 N–H and O–H groups in total. The number of aryl methyl sites for hydroxylation is 1. The van der Waals surface area contributed by atoms with Crippen LogP contribution in [0.15, 0.2) is 29.3 Å². The van der Waals surface area contributed by atoms with E-state index < -0.39 is 0 Å². The van der Waals surface area contributed by atoms with Gasteiger partial charge in [0, 0.05) is 45.5 Å². The zero-order valence-electron chi connectivity index (χ0n) is 15.1. The molecule has 0 bridgehead atoms. The van der Waals surface area contributed by atoms with Gasteiger partial charge in [0.1, 0.15) is 0 Å². The van der Waals surface area contributed by atoms with E-state index in [2.05, 4.69) is 20.1 Å². The molecule has 4 rings (SSSR count). The molecule has 0 aliphatic carbocycles. The number of aromatic nitrogens is 2. The third-order valence-corrected chi connectivity index (χ3v) is 5.53. The topological polar surface area (TPSA) is 70.5 Å². The maximum atomic E-state index is 12.3. The Balaban J connectivity index is 1.48. The van der Waals surface area contributed by atoms with Gasteiger partial charge in [-0.05, 0) is 37.5 Å². The molecule has 1 aromatic heterocycles. The van der Waals surface area contributed by atoms with Gasteiger partial charge in [0.25, 0.3) is 5.56 Å². The van der Waals surface area contributed by atoms with Crippen molar-refractivity contribution in [3.63, 3.8) is 0 Å². The van der Waals surface area contributed by atoms with Gasteiger partial charge in [0.2, 0.25) is 5.91 Å². The molecule has 2 saturated heterocycles. The number of fused-ring (bicyclic) bond motifs is 1. The number of benzene rings is 1. The van der Waals surface area contributed by atoms with Crippen molar-refractivity contribution in [3.8, 4) is 0 Å². The van der Waals surface area contributed by atoms with Gasteiger partial charge in [-0.2, -0.15) is 0 Å². The molecule has 0 radical (unpaired) electrons. The minimum Gasteiger partial charge on any atom is -0.369 e. The van der Waals surface area contributed by atoms with Crippen molar-refractivity contribution in [3.05, 3.63) is 34.9 Å². The molecule has 2 fully saturated rings. The van der Waals surface area contributed by atoms with Gasteiger partial charge in [-0.1, -0.05) is 0 Å². The molecule has 1 unspecified atom stereocenters. The van der Waals surface area contributed by atoms with Crippen molar-refractivity contribution in [1.29, 1.82) is 0 Å². The van der Waals surface area contributed by atoms with Crippen LogP contribution in [0.25, 0.3) is 10.9 Å². The predicted octanol–water partition coefficient (Wildman–Crippen LogP) is 0.724. The molecule has 7 heteroatoms. The molecular weight excluding hydrogens is 330 g/mol. The third-order valence-electron chi connectivity index (χ3n) is 5.53. The lowest BCUT2D eigenvalue weighted by Crippen LogP contribution is -2.54. The van der Waals surface area contributed by atoms with Gasteiger partial charge in [-0.15, -0.1) is 0 Å². The van der Waals surface area contributed by atoms with E-state index in [1.165, 1.54) is 4.57 Å². The number of amides is 1. The first-order valence-corrected chi connectivity index (χ1v) is 9.35. The summed E-state index contributed by atoms with van der Waals surface area (Å²) in [6.45, 7) is 4.30. The van der Waals surface area contributed by atoms with E-state index in [0.29, 0.717) is 5.39 Å². The molecule has 1 amide bonds. The molecule has 0 spiro atoms. The van der Waals surface area contributed by atoms with Crippen LogP contribution in [0.5, 0.6) is 0 Å². The van der Waals surface area contributed by atoms with Gasteiger partial charge in [-0.25, -0.2) is 4.98 Å². The number of carbonyl (C=O) groups is 1. The SMILES string of the molecule is Cn1cnc2cc(N3CCN(C4CCCCNC4=O)CC3)ccc2c1=O. The summed E-state index contributed by atoms with van der Waals surface area (Å²) in [7, 11) is 1.71. The number of nitrogens with one attached hydrogen (secondary N) is 1. The van der Waals surface area contributed by atoms with Crippen LogP contribution in [0.2, 0.25) is 0 Å². The highest BCUT2D eigenvalue weighted by Gasteiger charge is 2.29. The molecule has 3 heterocycles. The van der Waals surface area contributed by atoms with E-state index in [4.69, 9.17) is 0 Å². The second-order valence-electron chi connectivity index (χ2n) is 7.19. The number of rotatable bonds is 2. The van der Waals surface area contributed by atoms with Crippen LogP contribution < -0.4 is 15.8 Å². The number of hydrogen-bond acceptors (Lipinski definition) is 5. The lowest BCUT2D eigenvalue weighted by molar-refractivity contribution is -0.126. The van der Waals surface area contributed by atoms with Gasteiger partial charge in [-0.3, -0.25) is 14.5 Å². The quantitative estimate of drug-likeness (QED) is 0.860. The minimum absolute atomic E-state index is 0.0148. The summed E-state index contributed by atoms with van der Waals surface area (Å²) in [5.74, 6) is 0.182. The summed E-state index contributed by atoms with van der Waals surface area (Å²) in [4.78, 5) is 33.4. The largest absolute Gasteiger partial charge is 0.369 e. The van der Waals surface area contributed by atoms with Crippen LogP contribution >= 0.6 is 0 Å². The Morgan fingerprint density at radius 2 is 1.92 bits per heavy atom. The van der Waals surface area contributed by atoms with Crippen LogP contribution in [0.3, 0.4) is 0 Å². The maximum Gasteiger partial charge on any atom is 0.260 e. The Kier molecular flexibility index (Phi) is 4.63. The first-order chi connectivity index (χ1) is 12.6. The Labute approximate surface area is 152 Å². The molecule has 1 aromatic carbocycles. The van der Waals surface area contributed by atoms with Crippen LogP contribution in [0.4, 0.5) is 5.69 Å². The van der Waals surface area contributed by atoms with Crippen LogP contribution in [-0.4, -0.2) is 59.1 Å². The standard InChI is InChI=1S/C19H25N5O2/c1-22-13-21-16-12-14(5-6-15(16)19(22)26)23-8-10-24(11-9-23)17-4-2-3-7-20-18(17)25/h5-6,12-13,17H,2-4,7-11H2,1H3,(H,20,25). The fraction of sp³-hybridized carbons (Fsp3) is 0.526. The lowest BCUT2D eigenvalue weighted by atomic mass is 10.1. The predicted molar refractivity (Wildman–Crippen MR) is 101 cm³/mol. The molecule has 2 aromatic rings. The maximum absolute atomic E-state index is 12.3. The molecule has 2 aliphatic heterocycles. The monoisotopic (exact) mass is 355 g/mol. The number of nitrogens with zero attached hydrogens (tertiary/aromatic N) is 4. The highest BCUT2D eigenvalue weighted by Crippen LogP contribution is 2.22. The smallest absolute Gasteiger partial charge is 0.260 e. The van der Waals surface area contributed by atoms with E-state index in [9.17, 15) is 9.59 Å². The summed E-state index contributed by atoms with van der Waals surface area (Å²) < 4.78 is 1.50. The van der Waals surface area contributed by atoms with E-state index in [0.717, 1.165) is 63.2 Å². The second kappa shape index (κ2) is 7.07.